The maximum Gasteiger partial charge on any atom is 0.398 e. The van der Waals surface area contributed by atoms with Crippen LogP contribution in [0, 0.1) is 0 Å². The van der Waals surface area contributed by atoms with Crippen LogP contribution >= 0.6 is 11.6 Å². The second kappa shape index (κ2) is 5.23. The second-order valence-electron chi connectivity index (χ2n) is 5.66. The van der Waals surface area contributed by atoms with Crippen LogP contribution in [-0.4, -0.2) is 28.9 Å². The van der Waals surface area contributed by atoms with Crippen molar-refractivity contribution >= 4 is 40.9 Å². The molecule has 114 valence electrons. The topological polar surface area (TPSA) is 73.3 Å². The van der Waals surface area contributed by atoms with Gasteiger partial charge in [0.05, 0.1) is 11.3 Å². The number of halogens is 1. The number of carbonyl (C=O) groups is 1. The van der Waals surface area contributed by atoms with E-state index in [0.29, 0.717) is 27.8 Å². The van der Waals surface area contributed by atoms with E-state index in [0.717, 1.165) is 18.4 Å². The summed E-state index contributed by atoms with van der Waals surface area (Å²) in [6.07, 6.45) is 5.19. The summed E-state index contributed by atoms with van der Waals surface area (Å²) in [5.41, 5.74) is 8.41. The Morgan fingerprint density at radius 3 is 2.65 bits per heavy atom. The number of nitrogen functional groups attached to an aromatic ring is 1. The van der Waals surface area contributed by atoms with Crippen molar-refractivity contribution in [2.45, 2.75) is 18.9 Å². The summed E-state index contributed by atoms with van der Waals surface area (Å²) in [7, 11) is 0. The Balaban J connectivity index is 1.91. The van der Waals surface area contributed by atoms with E-state index in [4.69, 9.17) is 17.3 Å². The summed E-state index contributed by atoms with van der Waals surface area (Å²) < 4.78 is 4.40. The van der Waals surface area contributed by atoms with Crippen LogP contribution in [0.3, 0.4) is 0 Å². The molecule has 2 aliphatic rings. The smallest absolute Gasteiger partial charge is 0.398 e. The molecule has 1 aliphatic carbocycles. The van der Waals surface area contributed by atoms with E-state index in [2.05, 4.69) is 9.65 Å². The lowest BCUT2D eigenvalue weighted by atomic mass is 10.1. The molecule has 1 saturated carbocycles. The molecule has 2 aromatic rings. The number of aromatic nitrogens is 1. The first-order chi connectivity index (χ1) is 11.1. The van der Waals surface area contributed by atoms with Crippen molar-refractivity contribution in [1.29, 1.82) is 0 Å². The van der Waals surface area contributed by atoms with Crippen molar-refractivity contribution in [3.8, 4) is 0 Å². The molecule has 1 aromatic carbocycles. The molecule has 2 heterocycles. The maximum atomic E-state index is 13.0. The van der Waals surface area contributed by atoms with Gasteiger partial charge in [0.15, 0.2) is 5.82 Å². The van der Waals surface area contributed by atoms with Crippen LogP contribution in [-0.2, 0) is 4.79 Å². The SMILES string of the molecule is Nc1ccnc2c1C=[N+]=C(c1ccc(Cl)cc1)C(=O)N2C1CC1. The highest BCUT2D eigenvalue weighted by Crippen LogP contribution is 2.34. The van der Waals surface area contributed by atoms with Crippen molar-refractivity contribution in [3.63, 3.8) is 0 Å². The van der Waals surface area contributed by atoms with Gasteiger partial charge in [-0.15, -0.1) is 0 Å². The van der Waals surface area contributed by atoms with E-state index in [1.165, 1.54) is 0 Å². The lowest BCUT2D eigenvalue weighted by Gasteiger charge is -2.19. The van der Waals surface area contributed by atoms with E-state index in [1.54, 1.807) is 47.6 Å². The Morgan fingerprint density at radius 1 is 1.22 bits per heavy atom. The number of hydrogen-bond donors (Lipinski definition) is 1. The largest absolute Gasteiger partial charge is 0.398 e. The van der Waals surface area contributed by atoms with Gasteiger partial charge in [0.2, 0.25) is 0 Å². The van der Waals surface area contributed by atoms with Crippen molar-refractivity contribution in [3.05, 3.63) is 52.7 Å². The number of benzene rings is 1. The Morgan fingerprint density at radius 2 is 1.96 bits per heavy atom. The number of hydrogen-bond acceptors (Lipinski definition) is 3. The molecule has 1 amide bonds. The molecule has 0 saturated heterocycles. The zero-order valence-corrected chi connectivity index (χ0v) is 13.0. The molecule has 1 aliphatic heterocycles. The van der Waals surface area contributed by atoms with Gasteiger partial charge < -0.3 is 5.73 Å². The molecule has 0 atom stereocenters. The van der Waals surface area contributed by atoms with Crippen molar-refractivity contribution in [2.75, 3.05) is 10.6 Å². The summed E-state index contributed by atoms with van der Waals surface area (Å²) in [5.74, 6) is 0.438. The molecule has 0 radical (unpaired) electrons. The fourth-order valence-corrected chi connectivity index (χ4v) is 2.80. The van der Waals surface area contributed by atoms with Crippen LogP contribution in [0.25, 0.3) is 0 Å². The van der Waals surface area contributed by atoms with E-state index in [-0.39, 0.29) is 11.9 Å². The van der Waals surface area contributed by atoms with Crippen LogP contribution in [0.1, 0.15) is 24.0 Å². The molecular formula is C17H14ClN4O+. The first-order valence-electron chi connectivity index (χ1n) is 7.40. The molecule has 0 unspecified atom stereocenters. The van der Waals surface area contributed by atoms with Gasteiger partial charge in [-0.2, -0.15) is 0 Å². The lowest BCUT2D eigenvalue weighted by molar-refractivity contribution is -0.112. The highest BCUT2D eigenvalue weighted by atomic mass is 35.5. The number of nitrogens with two attached hydrogens (primary N) is 1. The van der Waals surface area contributed by atoms with Crippen LogP contribution in [0.5, 0.6) is 0 Å². The Hall–Kier alpha value is -2.62. The Bertz CT molecular complexity index is 865. The minimum absolute atomic E-state index is 0.150. The van der Waals surface area contributed by atoms with Gasteiger partial charge in [-0.3, -0.25) is 9.69 Å². The van der Waals surface area contributed by atoms with Crippen LogP contribution in [0.2, 0.25) is 5.02 Å². The number of amides is 1. The normalized spacial score (nSPS) is 16.8. The number of rotatable bonds is 2. The predicted molar refractivity (Wildman–Crippen MR) is 92.0 cm³/mol. The molecule has 2 N–H and O–H groups in total. The summed E-state index contributed by atoms with van der Waals surface area (Å²) in [6, 6.07) is 8.97. The van der Waals surface area contributed by atoms with Crippen molar-refractivity contribution < 1.29 is 4.79 Å². The van der Waals surface area contributed by atoms with E-state index in [9.17, 15) is 4.79 Å². The molecule has 6 heteroatoms. The number of pyridine rings is 1. The zero-order valence-electron chi connectivity index (χ0n) is 12.2. The fourth-order valence-electron chi connectivity index (χ4n) is 2.67. The fraction of sp³-hybridized carbons (Fsp3) is 0.176. The van der Waals surface area contributed by atoms with Gasteiger partial charge in [-0.25, -0.2) is 4.98 Å². The molecular weight excluding hydrogens is 312 g/mol. The summed E-state index contributed by atoms with van der Waals surface area (Å²) >= 11 is 5.93. The van der Waals surface area contributed by atoms with Crippen LogP contribution in [0.4, 0.5) is 11.5 Å². The summed E-state index contributed by atoms with van der Waals surface area (Å²) in [5, 5.41) is 0.618. The Labute approximate surface area is 138 Å². The van der Waals surface area contributed by atoms with Crippen LogP contribution < -0.4 is 15.3 Å². The summed E-state index contributed by atoms with van der Waals surface area (Å²) in [6.45, 7) is 0. The third kappa shape index (κ3) is 2.40. The predicted octanol–water partition coefficient (Wildman–Crippen LogP) is 1.80. The van der Waals surface area contributed by atoms with Gasteiger partial charge in [0.25, 0.3) is 0 Å². The minimum Gasteiger partial charge on any atom is -0.398 e. The van der Waals surface area contributed by atoms with Gasteiger partial charge in [-0.1, -0.05) is 16.3 Å². The number of fused-ring (bicyclic) bond motifs is 1. The van der Waals surface area contributed by atoms with Crippen molar-refractivity contribution in [1.82, 2.24) is 9.65 Å². The van der Waals surface area contributed by atoms with Gasteiger partial charge in [-0.05, 0) is 43.2 Å². The number of nitrogens with zero attached hydrogens (tertiary/aromatic N) is 3. The van der Waals surface area contributed by atoms with E-state index < -0.39 is 0 Å². The maximum absolute atomic E-state index is 13.0. The first-order valence-corrected chi connectivity index (χ1v) is 7.78. The molecule has 1 aromatic heterocycles. The van der Waals surface area contributed by atoms with Gasteiger partial charge in [0.1, 0.15) is 5.56 Å². The quantitative estimate of drug-likeness (QED) is 0.856. The van der Waals surface area contributed by atoms with Gasteiger partial charge >= 0.3 is 17.8 Å². The Kier molecular flexibility index (Phi) is 3.18. The third-order valence-corrected chi connectivity index (χ3v) is 4.26. The molecule has 5 nitrogen and oxygen atoms in total. The van der Waals surface area contributed by atoms with Crippen LogP contribution in [0.15, 0.2) is 36.5 Å². The number of carbonyl (C=O) groups excluding carboxylic acids is 1. The first kappa shape index (κ1) is 14.0. The van der Waals surface area contributed by atoms with Crippen molar-refractivity contribution in [2.24, 2.45) is 0 Å². The minimum atomic E-state index is -0.150. The molecule has 23 heavy (non-hydrogen) atoms. The second-order valence-corrected chi connectivity index (χ2v) is 6.09. The van der Waals surface area contributed by atoms with E-state index >= 15 is 0 Å². The molecule has 4 rings (SSSR count). The zero-order chi connectivity index (χ0) is 16.0. The highest BCUT2D eigenvalue weighted by Gasteiger charge is 2.43. The average molecular weight is 326 g/mol. The van der Waals surface area contributed by atoms with E-state index in [1.807, 2.05) is 0 Å². The molecule has 0 bridgehead atoms. The standard InChI is InChI=1S/C17H13ClN4O/c18-11-3-1-10(2-4-11)15-17(23)22(12-5-6-12)16-13(9-21-15)14(19)7-8-20-16/h1-4,7-9,12,19H,5-6H2/p+1. The highest BCUT2D eigenvalue weighted by molar-refractivity contribution is 6.50. The van der Waals surface area contributed by atoms with Gasteiger partial charge in [0, 0.05) is 17.3 Å². The average Bonchev–Trinajstić information content (AvgIpc) is 3.36. The summed E-state index contributed by atoms with van der Waals surface area (Å²) in [4.78, 5) is 19.1. The monoisotopic (exact) mass is 325 g/mol. The number of anilines is 2. The molecule has 1 fully saturated rings. The molecule has 0 spiro atoms. The lowest BCUT2D eigenvalue weighted by Crippen LogP contribution is -2.39. The third-order valence-electron chi connectivity index (χ3n) is 4.00.